The number of hydrogen-bond acceptors (Lipinski definition) is 4. The second-order valence-electron chi connectivity index (χ2n) is 7.84. The van der Waals surface area contributed by atoms with Crippen molar-refractivity contribution >= 4 is 21.8 Å². The van der Waals surface area contributed by atoms with Crippen LogP contribution < -0.4 is 4.90 Å². The van der Waals surface area contributed by atoms with Crippen LogP contribution in [0, 0.1) is 11.7 Å². The molecule has 3 rings (SSSR count). The maximum absolute atomic E-state index is 13.1. The molecule has 0 aliphatic carbocycles. The van der Waals surface area contributed by atoms with Crippen molar-refractivity contribution in [1.82, 2.24) is 9.21 Å². The molecule has 0 saturated carbocycles. The molecule has 7 nitrogen and oxygen atoms in total. The topological polar surface area (TPSA) is 79.2 Å². The number of imide groups is 1. The molecular formula is C19H27FN3O4S+. The van der Waals surface area contributed by atoms with Gasteiger partial charge in [0.2, 0.25) is 15.9 Å². The van der Waals surface area contributed by atoms with Crippen molar-refractivity contribution in [3.05, 3.63) is 30.1 Å². The first-order valence-corrected chi connectivity index (χ1v) is 11.1. The molecule has 2 saturated heterocycles. The number of quaternary nitrogens is 1. The summed E-state index contributed by atoms with van der Waals surface area (Å²) >= 11 is 0. The van der Waals surface area contributed by atoms with Crippen LogP contribution in [0.25, 0.3) is 0 Å². The Labute approximate surface area is 165 Å². The molecule has 1 atom stereocenters. The number of sulfonamides is 1. The fourth-order valence-electron chi connectivity index (χ4n) is 3.74. The van der Waals surface area contributed by atoms with Gasteiger partial charge in [-0.05, 0) is 36.6 Å². The smallest absolute Gasteiger partial charge is 0.288 e. The largest absolute Gasteiger partial charge is 0.322 e. The van der Waals surface area contributed by atoms with E-state index in [-0.39, 0.29) is 36.2 Å². The second kappa shape index (κ2) is 8.26. The highest BCUT2D eigenvalue weighted by molar-refractivity contribution is 7.89. The van der Waals surface area contributed by atoms with E-state index < -0.39 is 21.9 Å². The van der Waals surface area contributed by atoms with Gasteiger partial charge in [-0.15, -0.1) is 0 Å². The van der Waals surface area contributed by atoms with Crippen LogP contribution in [0.3, 0.4) is 0 Å². The number of benzene rings is 1. The summed E-state index contributed by atoms with van der Waals surface area (Å²) in [6, 6.07) is 4.35. The van der Waals surface area contributed by atoms with Crippen molar-refractivity contribution in [3.8, 4) is 0 Å². The summed E-state index contributed by atoms with van der Waals surface area (Å²) in [6.45, 7) is 6.00. The fraction of sp³-hybridized carbons (Fsp3) is 0.579. The third-order valence-corrected chi connectivity index (χ3v) is 7.40. The number of nitrogens with zero attached hydrogens (tertiary/aromatic N) is 2. The molecule has 0 unspecified atom stereocenters. The zero-order chi connectivity index (χ0) is 20.5. The zero-order valence-electron chi connectivity index (χ0n) is 16.2. The zero-order valence-corrected chi connectivity index (χ0v) is 17.0. The molecule has 0 spiro atoms. The minimum absolute atomic E-state index is 0.0596. The van der Waals surface area contributed by atoms with Gasteiger partial charge in [0.25, 0.3) is 5.91 Å². The Bertz CT molecular complexity index is 833. The molecule has 9 heteroatoms. The Morgan fingerprint density at radius 3 is 2.32 bits per heavy atom. The Hall–Kier alpha value is -1.84. The van der Waals surface area contributed by atoms with Crippen molar-refractivity contribution < 1.29 is 27.3 Å². The van der Waals surface area contributed by atoms with Gasteiger partial charge < -0.3 is 4.90 Å². The van der Waals surface area contributed by atoms with E-state index in [0.29, 0.717) is 25.6 Å². The number of halogens is 1. The highest BCUT2D eigenvalue weighted by Gasteiger charge is 2.46. The van der Waals surface area contributed by atoms with Gasteiger partial charge in [-0.1, -0.05) is 13.8 Å². The normalized spacial score (nSPS) is 22.4. The predicted molar refractivity (Wildman–Crippen MR) is 100 cm³/mol. The maximum atomic E-state index is 13.1. The Kier molecular flexibility index (Phi) is 6.16. The van der Waals surface area contributed by atoms with E-state index in [0.717, 1.165) is 23.5 Å². The van der Waals surface area contributed by atoms with Crippen molar-refractivity contribution in [2.75, 3.05) is 32.7 Å². The second-order valence-corrected chi connectivity index (χ2v) is 9.78. The lowest BCUT2D eigenvalue weighted by atomic mass is 10.1. The Morgan fingerprint density at radius 2 is 1.75 bits per heavy atom. The molecule has 1 N–H and O–H groups in total. The number of likely N-dealkylation sites (tertiary alicyclic amines) is 1. The first kappa shape index (κ1) is 20.9. The van der Waals surface area contributed by atoms with Gasteiger partial charge >= 0.3 is 0 Å². The molecule has 2 fully saturated rings. The first-order chi connectivity index (χ1) is 13.2. The van der Waals surface area contributed by atoms with Crippen molar-refractivity contribution in [1.29, 1.82) is 0 Å². The van der Waals surface area contributed by atoms with Crippen LogP contribution in [0.1, 0.15) is 26.7 Å². The van der Waals surface area contributed by atoms with Crippen LogP contribution in [0.2, 0.25) is 0 Å². The average molecular weight is 413 g/mol. The summed E-state index contributed by atoms with van der Waals surface area (Å²) in [4.78, 5) is 27.3. The number of rotatable bonds is 6. The van der Waals surface area contributed by atoms with Crippen molar-refractivity contribution in [3.63, 3.8) is 0 Å². The molecule has 2 amide bonds. The molecule has 1 aromatic rings. The first-order valence-electron chi connectivity index (χ1n) is 9.64. The number of hydrogen-bond donors (Lipinski definition) is 1. The third kappa shape index (κ3) is 4.26. The highest BCUT2D eigenvalue weighted by Crippen LogP contribution is 2.17. The van der Waals surface area contributed by atoms with Gasteiger partial charge in [0.15, 0.2) is 6.04 Å². The molecule has 2 heterocycles. The van der Waals surface area contributed by atoms with Crippen LogP contribution in [-0.4, -0.2) is 68.2 Å². The fourth-order valence-corrected chi connectivity index (χ4v) is 5.18. The van der Waals surface area contributed by atoms with Gasteiger partial charge in [-0.2, -0.15) is 4.31 Å². The van der Waals surface area contributed by atoms with E-state index >= 15 is 0 Å². The lowest BCUT2D eigenvalue weighted by molar-refractivity contribution is -0.918. The number of carbonyl (C=O) groups excluding carboxylic acids is 2. The average Bonchev–Trinajstić information content (AvgIpc) is 2.94. The van der Waals surface area contributed by atoms with Crippen molar-refractivity contribution in [2.24, 2.45) is 5.92 Å². The SMILES string of the molecule is CC(C)CCN1C(=O)C[C@H]([NH+]2CCN(S(=O)(=O)c3ccc(F)cc3)CC2)C1=O. The number of amides is 2. The van der Waals surface area contributed by atoms with Gasteiger partial charge in [0.1, 0.15) is 5.82 Å². The molecule has 0 aromatic heterocycles. The molecule has 0 radical (unpaired) electrons. The van der Waals surface area contributed by atoms with E-state index in [2.05, 4.69) is 13.8 Å². The molecule has 1 aromatic carbocycles. The van der Waals surface area contributed by atoms with Crippen LogP contribution in [0.4, 0.5) is 4.39 Å². The van der Waals surface area contributed by atoms with Gasteiger partial charge in [-0.25, -0.2) is 12.8 Å². The quantitative estimate of drug-likeness (QED) is 0.662. The molecule has 0 bridgehead atoms. The minimum atomic E-state index is -3.69. The van der Waals surface area contributed by atoms with E-state index in [4.69, 9.17) is 0 Å². The summed E-state index contributed by atoms with van der Waals surface area (Å²) in [5.41, 5.74) is 0. The maximum Gasteiger partial charge on any atom is 0.288 e. The predicted octanol–water partition coefficient (Wildman–Crippen LogP) is -0.111. The number of piperazine rings is 1. The van der Waals surface area contributed by atoms with Crippen molar-refractivity contribution in [2.45, 2.75) is 37.6 Å². The van der Waals surface area contributed by atoms with Gasteiger partial charge in [0.05, 0.1) is 37.5 Å². The van der Waals surface area contributed by atoms with Gasteiger partial charge in [-0.3, -0.25) is 14.5 Å². The third-order valence-electron chi connectivity index (χ3n) is 5.48. The summed E-state index contributed by atoms with van der Waals surface area (Å²) in [6.07, 6.45) is 0.972. The Morgan fingerprint density at radius 1 is 1.14 bits per heavy atom. The lowest BCUT2D eigenvalue weighted by Crippen LogP contribution is -3.19. The summed E-state index contributed by atoms with van der Waals surface area (Å²) in [5.74, 6) is -0.355. The van der Waals surface area contributed by atoms with Crippen LogP contribution in [-0.2, 0) is 19.6 Å². The monoisotopic (exact) mass is 412 g/mol. The lowest BCUT2D eigenvalue weighted by Gasteiger charge is -2.33. The van der Waals surface area contributed by atoms with Crippen LogP contribution in [0.15, 0.2) is 29.2 Å². The van der Waals surface area contributed by atoms with E-state index in [1.165, 1.54) is 21.3 Å². The molecule has 154 valence electrons. The standard InChI is InChI=1S/C19H26FN3O4S/c1-14(2)7-8-23-18(24)13-17(19(23)25)21-9-11-22(12-10-21)28(26,27)16-5-3-15(20)4-6-16/h3-6,14,17H,7-13H2,1-2H3/p+1/t17-/m0/s1. The summed E-state index contributed by atoms with van der Waals surface area (Å²) < 4.78 is 39.8. The van der Waals surface area contributed by atoms with Crippen LogP contribution in [0.5, 0.6) is 0 Å². The van der Waals surface area contributed by atoms with Crippen LogP contribution >= 0.6 is 0 Å². The van der Waals surface area contributed by atoms with E-state index in [1.54, 1.807) is 0 Å². The number of nitrogens with one attached hydrogen (secondary N) is 1. The molecule has 2 aliphatic rings. The highest BCUT2D eigenvalue weighted by atomic mass is 32.2. The summed E-state index contributed by atoms with van der Waals surface area (Å²) in [5, 5.41) is 0. The van der Waals surface area contributed by atoms with E-state index in [9.17, 15) is 22.4 Å². The molecule has 2 aliphatic heterocycles. The van der Waals surface area contributed by atoms with E-state index in [1.807, 2.05) is 0 Å². The Balaban J connectivity index is 1.61. The van der Waals surface area contributed by atoms with Gasteiger partial charge in [0, 0.05) is 6.54 Å². The minimum Gasteiger partial charge on any atom is -0.322 e. The number of carbonyl (C=O) groups is 2. The molecular weight excluding hydrogens is 385 g/mol. The molecule has 28 heavy (non-hydrogen) atoms. The summed E-state index contributed by atoms with van der Waals surface area (Å²) in [7, 11) is -3.69.